The molecule has 0 atom stereocenters. The summed E-state index contributed by atoms with van der Waals surface area (Å²) in [7, 11) is 0. The first-order chi connectivity index (χ1) is 10.5. The molecule has 2 aromatic rings. The second-order valence-corrected chi connectivity index (χ2v) is 5.19. The highest BCUT2D eigenvalue weighted by Crippen LogP contribution is 2.29. The molecular formula is C16H13NO5. The van der Waals surface area contributed by atoms with E-state index in [1.165, 1.54) is 0 Å². The first-order valence-corrected chi connectivity index (χ1v) is 6.80. The van der Waals surface area contributed by atoms with Crippen LogP contribution in [-0.4, -0.2) is 32.9 Å². The van der Waals surface area contributed by atoms with Gasteiger partial charge in [0.2, 0.25) is 5.78 Å². The number of aryl methyl sites for hydroxylation is 1. The van der Waals surface area contributed by atoms with Crippen molar-refractivity contribution in [2.24, 2.45) is 0 Å². The molecule has 3 N–H and O–H groups in total. The fourth-order valence-electron chi connectivity index (χ4n) is 2.94. The number of aromatic amines is 1. The van der Waals surface area contributed by atoms with Gasteiger partial charge in [0.25, 0.3) is 0 Å². The Morgan fingerprint density at radius 3 is 2.55 bits per heavy atom. The van der Waals surface area contributed by atoms with Crippen molar-refractivity contribution in [2.45, 2.75) is 19.3 Å². The SMILES string of the molecule is O=C(O)Cc1[nH]c2c(c1C(=O)O)CCc1ccccc1C2=O. The fourth-order valence-corrected chi connectivity index (χ4v) is 2.94. The molecule has 0 amide bonds. The van der Waals surface area contributed by atoms with Gasteiger partial charge in [0.05, 0.1) is 17.7 Å². The highest BCUT2D eigenvalue weighted by molar-refractivity contribution is 6.12. The number of benzene rings is 1. The molecule has 0 aliphatic heterocycles. The predicted molar refractivity (Wildman–Crippen MR) is 76.4 cm³/mol. The van der Waals surface area contributed by atoms with Crippen LogP contribution in [0.4, 0.5) is 0 Å². The van der Waals surface area contributed by atoms with E-state index in [1.807, 2.05) is 12.1 Å². The van der Waals surface area contributed by atoms with E-state index in [-0.39, 0.29) is 22.7 Å². The van der Waals surface area contributed by atoms with E-state index in [1.54, 1.807) is 12.1 Å². The number of carbonyl (C=O) groups is 3. The monoisotopic (exact) mass is 299 g/mol. The minimum atomic E-state index is -1.22. The molecule has 6 heteroatoms. The minimum absolute atomic E-state index is 0.0673. The summed E-state index contributed by atoms with van der Waals surface area (Å²) in [5.41, 5.74) is 1.97. The number of carboxylic acids is 2. The van der Waals surface area contributed by atoms with Crippen molar-refractivity contribution in [3.05, 3.63) is 57.9 Å². The van der Waals surface area contributed by atoms with E-state index >= 15 is 0 Å². The number of hydrogen-bond donors (Lipinski definition) is 3. The molecule has 0 fully saturated rings. The molecule has 1 aliphatic rings. The lowest BCUT2D eigenvalue weighted by Crippen LogP contribution is -2.08. The van der Waals surface area contributed by atoms with Crippen molar-refractivity contribution in [1.29, 1.82) is 0 Å². The van der Waals surface area contributed by atoms with E-state index in [9.17, 15) is 19.5 Å². The summed E-state index contributed by atoms with van der Waals surface area (Å²) in [6.07, 6.45) is 0.471. The van der Waals surface area contributed by atoms with E-state index in [0.717, 1.165) is 5.56 Å². The number of carboxylic acid groups (broad SMARTS) is 2. The summed E-state index contributed by atoms with van der Waals surface area (Å²) in [4.78, 5) is 37.8. The zero-order valence-corrected chi connectivity index (χ0v) is 11.5. The van der Waals surface area contributed by atoms with Gasteiger partial charge in [-0.05, 0) is 24.0 Å². The highest BCUT2D eigenvalue weighted by atomic mass is 16.4. The van der Waals surface area contributed by atoms with Crippen LogP contribution < -0.4 is 0 Å². The lowest BCUT2D eigenvalue weighted by Gasteiger charge is -2.03. The second-order valence-electron chi connectivity index (χ2n) is 5.19. The van der Waals surface area contributed by atoms with E-state index in [2.05, 4.69) is 4.98 Å². The van der Waals surface area contributed by atoms with Crippen molar-refractivity contribution in [3.63, 3.8) is 0 Å². The maximum absolute atomic E-state index is 12.6. The number of H-pyrrole nitrogens is 1. The van der Waals surface area contributed by atoms with Gasteiger partial charge >= 0.3 is 11.9 Å². The van der Waals surface area contributed by atoms with E-state index < -0.39 is 18.4 Å². The van der Waals surface area contributed by atoms with Gasteiger partial charge in [0, 0.05) is 11.3 Å². The zero-order valence-electron chi connectivity index (χ0n) is 11.5. The standard InChI is InChI=1S/C16H13NO5/c18-12(19)7-11-13(16(21)22)10-6-5-8-3-1-2-4-9(8)15(20)14(10)17-11/h1-4,17H,5-7H2,(H,18,19)(H,21,22). The molecule has 0 radical (unpaired) electrons. The van der Waals surface area contributed by atoms with Gasteiger partial charge in [-0.1, -0.05) is 24.3 Å². The lowest BCUT2D eigenvalue weighted by molar-refractivity contribution is -0.136. The van der Waals surface area contributed by atoms with Gasteiger partial charge < -0.3 is 15.2 Å². The molecule has 0 saturated heterocycles. The number of aromatic carboxylic acids is 1. The van der Waals surface area contributed by atoms with Crippen LogP contribution in [0.5, 0.6) is 0 Å². The summed E-state index contributed by atoms with van der Waals surface area (Å²) >= 11 is 0. The average Bonchev–Trinajstić information content (AvgIpc) is 2.76. The largest absolute Gasteiger partial charge is 0.481 e. The normalized spacial score (nSPS) is 13.2. The molecule has 1 aromatic carbocycles. The Balaban J connectivity index is 2.19. The number of rotatable bonds is 3. The van der Waals surface area contributed by atoms with Crippen molar-refractivity contribution >= 4 is 17.7 Å². The van der Waals surface area contributed by atoms with Crippen molar-refractivity contribution < 1.29 is 24.6 Å². The number of hydrogen-bond acceptors (Lipinski definition) is 3. The molecule has 112 valence electrons. The molecule has 1 aromatic heterocycles. The highest BCUT2D eigenvalue weighted by Gasteiger charge is 2.30. The molecule has 0 bridgehead atoms. The Hall–Kier alpha value is -2.89. The first kappa shape index (κ1) is 14.1. The third-order valence-corrected chi connectivity index (χ3v) is 3.86. The number of fused-ring (bicyclic) bond motifs is 2. The van der Waals surface area contributed by atoms with E-state index in [0.29, 0.717) is 24.0 Å². The summed E-state index contributed by atoms with van der Waals surface area (Å²) in [6, 6.07) is 7.13. The van der Waals surface area contributed by atoms with Crippen molar-refractivity contribution in [3.8, 4) is 0 Å². The molecule has 3 rings (SSSR count). The molecule has 1 heterocycles. The van der Waals surface area contributed by atoms with Crippen LogP contribution in [0.2, 0.25) is 0 Å². The third-order valence-electron chi connectivity index (χ3n) is 3.86. The van der Waals surface area contributed by atoms with Crippen molar-refractivity contribution in [1.82, 2.24) is 4.98 Å². The predicted octanol–water partition coefficient (Wildman–Crippen LogP) is 1.67. The van der Waals surface area contributed by atoms with Crippen LogP contribution >= 0.6 is 0 Å². The van der Waals surface area contributed by atoms with Crippen molar-refractivity contribution in [2.75, 3.05) is 0 Å². The van der Waals surface area contributed by atoms with Crippen LogP contribution in [0.25, 0.3) is 0 Å². The molecular weight excluding hydrogens is 286 g/mol. The maximum Gasteiger partial charge on any atom is 0.337 e. The van der Waals surface area contributed by atoms with Gasteiger partial charge in [-0.15, -0.1) is 0 Å². The van der Waals surface area contributed by atoms with E-state index in [4.69, 9.17) is 5.11 Å². The average molecular weight is 299 g/mol. The van der Waals surface area contributed by atoms with Gasteiger partial charge in [-0.25, -0.2) is 4.79 Å². The number of aliphatic carboxylic acids is 1. The minimum Gasteiger partial charge on any atom is -0.481 e. The Morgan fingerprint density at radius 2 is 1.86 bits per heavy atom. The van der Waals surface area contributed by atoms with Crippen LogP contribution in [0, 0.1) is 0 Å². The topological polar surface area (TPSA) is 107 Å². The maximum atomic E-state index is 12.6. The molecule has 0 unspecified atom stereocenters. The number of aromatic nitrogens is 1. The Labute approximate surface area is 125 Å². The van der Waals surface area contributed by atoms with Gasteiger partial charge in [0.15, 0.2) is 0 Å². The molecule has 0 saturated carbocycles. The Bertz CT molecular complexity index is 803. The van der Waals surface area contributed by atoms with Gasteiger partial charge in [-0.3, -0.25) is 9.59 Å². The summed E-state index contributed by atoms with van der Waals surface area (Å²) in [6.45, 7) is 0. The second kappa shape index (κ2) is 5.14. The Kier molecular flexibility index (Phi) is 3.29. The number of carbonyl (C=O) groups excluding carboxylic acids is 1. The fraction of sp³-hybridized carbons (Fsp3) is 0.188. The lowest BCUT2D eigenvalue weighted by atomic mass is 10.0. The summed E-state index contributed by atoms with van der Waals surface area (Å²) < 4.78 is 0. The van der Waals surface area contributed by atoms with Crippen LogP contribution in [0.3, 0.4) is 0 Å². The molecule has 1 aliphatic carbocycles. The smallest absolute Gasteiger partial charge is 0.337 e. The van der Waals surface area contributed by atoms with Crippen LogP contribution in [-0.2, 0) is 24.1 Å². The number of ketones is 1. The first-order valence-electron chi connectivity index (χ1n) is 6.80. The quantitative estimate of drug-likeness (QED) is 0.799. The van der Waals surface area contributed by atoms with Crippen LogP contribution in [0.15, 0.2) is 24.3 Å². The van der Waals surface area contributed by atoms with Gasteiger partial charge in [0.1, 0.15) is 0 Å². The molecule has 22 heavy (non-hydrogen) atoms. The Morgan fingerprint density at radius 1 is 1.14 bits per heavy atom. The number of nitrogens with one attached hydrogen (secondary N) is 1. The summed E-state index contributed by atoms with van der Waals surface area (Å²) in [5, 5.41) is 18.3. The molecule has 6 nitrogen and oxygen atoms in total. The summed E-state index contributed by atoms with van der Waals surface area (Å²) in [5.74, 6) is -2.65. The van der Waals surface area contributed by atoms with Crippen LogP contribution in [0.1, 0.15) is 43.2 Å². The zero-order chi connectivity index (χ0) is 15.9. The third kappa shape index (κ3) is 2.18. The van der Waals surface area contributed by atoms with Gasteiger partial charge in [-0.2, -0.15) is 0 Å². The molecule has 0 spiro atoms.